The first-order chi connectivity index (χ1) is 24.3. The van der Waals surface area contributed by atoms with Gasteiger partial charge in [-0.25, -0.2) is 14.8 Å². The lowest BCUT2D eigenvalue weighted by Gasteiger charge is -2.46. The molecule has 0 spiro atoms. The minimum Gasteiger partial charge on any atom is -0.465 e. The molecule has 0 aromatic carbocycles. The number of carbonyl (C=O) groups excluding carboxylic acids is 2. The summed E-state index contributed by atoms with van der Waals surface area (Å²) in [5, 5.41) is 3.75. The number of carbonyl (C=O) groups is 2. The molecule has 0 aromatic rings. The summed E-state index contributed by atoms with van der Waals surface area (Å²) in [7, 11) is 0. The van der Waals surface area contributed by atoms with E-state index in [2.05, 4.69) is 29.1 Å². The molecule has 5 heterocycles. The van der Waals surface area contributed by atoms with Gasteiger partial charge in [-0.3, -0.25) is 9.79 Å². The SMILES string of the molecule is CCCCCCCCC[C@H]1C[C@H]2CC[C@H]3[C@@H](C(=O)OCCCCC4N=C(N)N5CCCC5=C4C(=O)OCCCCN=C(N)N)[C@@H](C)N=C(N1)N23. The fourth-order valence-electron chi connectivity index (χ4n) is 8.59. The molecule has 6 atom stereocenters. The number of fused-ring (bicyclic) bond motifs is 1. The Labute approximate surface area is 298 Å². The monoisotopic (exact) mass is 698 g/mol. The van der Waals surface area contributed by atoms with Crippen molar-refractivity contribution in [1.82, 2.24) is 15.1 Å². The number of ether oxygens (including phenoxy) is 2. The van der Waals surface area contributed by atoms with Gasteiger partial charge in [0.15, 0.2) is 17.9 Å². The van der Waals surface area contributed by atoms with Crippen LogP contribution in [-0.4, -0.2) is 96.1 Å². The van der Waals surface area contributed by atoms with Crippen LogP contribution in [0.15, 0.2) is 26.2 Å². The van der Waals surface area contributed by atoms with E-state index in [9.17, 15) is 9.59 Å². The summed E-state index contributed by atoms with van der Waals surface area (Å²) in [6, 6.07) is 0.578. The quantitative estimate of drug-likeness (QED) is 0.0626. The molecule has 3 saturated heterocycles. The zero-order chi connectivity index (χ0) is 35.5. The minimum atomic E-state index is -0.369. The van der Waals surface area contributed by atoms with Gasteiger partial charge in [0.05, 0.1) is 36.8 Å². The summed E-state index contributed by atoms with van der Waals surface area (Å²) in [4.78, 5) is 44.8. The van der Waals surface area contributed by atoms with Crippen molar-refractivity contribution in [2.75, 3.05) is 26.3 Å². The van der Waals surface area contributed by atoms with Crippen LogP contribution in [0.5, 0.6) is 0 Å². The van der Waals surface area contributed by atoms with Gasteiger partial charge in [-0.15, -0.1) is 0 Å². The first kappa shape index (κ1) is 37.7. The number of allylic oxidation sites excluding steroid dienone is 1. The number of unbranched alkanes of at least 4 members (excludes halogenated alkanes) is 8. The summed E-state index contributed by atoms with van der Waals surface area (Å²) >= 11 is 0. The Balaban J connectivity index is 1.06. The maximum absolute atomic E-state index is 13.5. The molecular formula is C37H63N9O4. The van der Waals surface area contributed by atoms with E-state index < -0.39 is 0 Å². The second kappa shape index (κ2) is 18.6. The van der Waals surface area contributed by atoms with Gasteiger partial charge in [0.2, 0.25) is 0 Å². The Hall–Kier alpha value is -3.51. The predicted octanol–water partition coefficient (Wildman–Crippen LogP) is 4.05. The minimum absolute atomic E-state index is 0.0610. The molecule has 0 bridgehead atoms. The van der Waals surface area contributed by atoms with Gasteiger partial charge in [-0.1, -0.05) is 51.9 Å². The van der Waals surface area contributed by atoms with E-state index >= 15 is 0 Å². The largest absolute Gasteiger partial charge is 0.465 e. The maximum atomic E-state index is 13.5. The second-order valence-electron chi connectivity index (χ2n) is 14.8. The van der Waals surface area contributed by atoms with E-state index in [0.717, 1.165) is 63.1 Å². The summed E-state index contributed by atoms with van der Waals surface area (Å²) in [5.74, 6) is 0.774. The lowest BCUT2D eigenvalue weighted by atomic mass is 9.89. The third-order valence-electron chi connectivity index (χ3n) is 11.1. The summed E-state index contributed by atoms with van der Waals surface area (Å²) in [5.41, 5.74) is 18.6. The summed E-state index contributed by atoms with van der Waals surface area (Å²) in [6.07, 6.45) is 18.8. The number of hydrogen-bond acceptors (Lipinski definition) is 11. The lowest BCUT2D eigenvalue weighted by molar-refractivity contribution is -0.151. The zero-order valence-corrected chi connectivity index (χ0v) is 30.6. The summed E-state index contributed by atoms with van der Waals surface area (Å²) < 4.78 is 11.6. The first-order valence-electron chi connectivity index (χ1n) is 19.6. The highest BCUT2D eigenvalue weighted by Crippen LogP contribution is 2.40. The molecule has 280 valence electrons. The normalized spacial score (nSPS) is 26.8. The van der Waals surface area contributed by atoms with Crippen LogP contribution in [-0.2, 0) is 19.1 Å². The van der Waals surface area contributed by atoms with Crippen molar-refractivity contribution < 1.29 is 19.1 Å². The van der Waals surface area contributed by atoms with Gasteiger partial charge in [-0.2, -0.15) is 0 Å². The van der Waals surface area contributed by atoms with E-state index in [4.69, 9.17) is 36.7 Å². The molecule has 0 radical (unpaired) electrons. The fourth-order valence-corrected chi connectivity index (χ4v) is 8.59. The number of rotatable bonds is 20. The molecule has 5 aliphatic rings. The topological polar surface area (TPSA) is 186 Å². The molecule has 3 fully saturated rings. The first-order valence-corrected chi connectivity index (χ1v) is 19.6. The van der Waals surface area contributed by atoms with Crippen LogP contribution in [0.2, 0.25) is 0 Å². The van der Waals surface area contributed by atoms with E-state index in [1.807, 2.05) is 4.90 Å². The van der Waals surface area contributed by atoms with Gasteiger partial charge >= 0.3 is 11.9 Å². The van der Waals surface area contributed by atoms with E-state index in [-0.39, 0.29) is 48.5 Å². The number of nitrogens with zero attached hydrogens (tertiary/aromatic N) is 5. The second-order valence-corrected chi connectivity index (χ2v) is 14.8. The van der Waals surface area contributed by atoms with Gasteiger partial charge in [-0.05, 0) is 77.6 Å². The van der Waals surface area contributed by atoms with Crippen LogP contribution in [0.3, 0.4) is 0 Å². The van der Waals surface area contributed by atoms with Crippen molar-refractivity contribution in [1.29, 1.82) is 0 Å². The van der Waals surface area contributed by atoms with Crippen LogP contribution in [0.4, 0.5) is 0 Å². The standard InChI is InChI=1S/C37H63N9O4/c1-3-4-5-6-7-8-9-15-26-24-27-18-19-30-31(25(2)42-37(43-26)46(27)30)33(47)49-22-12-10-16-28-32(29-17-14-21-45(29)36(40)44-28)34(48)50-23-13-11-20-41-35(38)39/h25-28,30-31H,3-24H2,1-2H3,(H2,40,44)(H,42,43)(H4,38,39,41)/t25-,26+,27-,28?,30+,31+/m1/s1. The lowest BCUT2D eigenvalue weighted by Crippen LogP contribution is -2.63. The van der Waals surface area contributed by atoms with E-state index in [1.165, 1.54) is 51.4 Å². The molecule has 5 aliphatic heterocycles. The molecule has 13 nitrogen and oxygen atoms in total. The number of guanidine groups is 3. The molecule has 0 saturated carbocycles. The van der Waals surface area contributed by atoms with Crippen LogP contribution in [0, 0.1) is 5.92 Å². The highest BCUT2D eigenvalue weighted by molar-refractivity contribution is 5.95. The summed E-state index contributed by atoms with van der Waals surface area (Å²) in [6.45, 7) is 6.20. The molecular weight excluding hydrogens is 634 g/mol. The van der Waals surface area contributed by atoms with Crippen molar-refractivity contribution in [2.24, 2.45) is 38.1 Å². The Kier molecular flexibility index (Phi) is 14.1. The Bertz CT molecular complexity index is 1280. The molecule has 50 heavy (non-hydrogen) atoms. The van der Waals surface area contributed by atoms with E-state index in [0.29, 0.717) is 56.0 Å². The third kappa shape index (κ3) is 9.63. The maximum Gasteiger partial charge on any atom is 0.337 e. The highest BCUT2D eigenvalue weighted by atomic mass is 16.5. The highest BCUT2D eigenvalue weighted by Gasteiger charge is 2.51. The van der Waals surface area contributed by atoms with Crippen molar-refractivity contribution in [3.8, 4) is 0 Å². The van der Waals surface area contributed by atoms with Gasteiger partial charge in [0, 0.05) is 36.9 Å². The van der Waals surface area contributed by atoms with Crippen LogP contribution < -0.4 is 22.5 Å². The van der Waals surface area contributed by atoms with Crippen molar-refractivity contribution >= 4 is 29.8 Å². The van der Waals surface area contributed by atoms with Crippen LogP contribution >= 0.6 is 0 Å². The average Bonchev–Trinajstić information content (AvgIpc) is 3.74. The van der Waals surface area contributed by atoms with Gasteiger partial charge < -0.3 is 41.8 Å². The Morgan fingerprint density at radius 1 is 0.940 bits per heavy atom. The Morgan fingerprint density at radius 3 is 2.48 bits per heavy atom. The van der Waals surface area contributed by atoms with Gasteiger partial charge in [0.1, 0.15) is 0 Å². The molecule has 13 heteroatoms. The number of esters is 2. The molecule has 0 amide bonds. The number of hydrogen-bond donors (Lipinski definition) is 4. The average molecular weight is 698 g/mol. The number of aliphatic imine (C=N–C) groups is 3. The molecule has 5 rings (SSSR count). The third-order valence-corrected chi connectivity index (χ3v) is 11.1. The van der Waals surface area contributed by atoms with Crippen LogP contribution in [0.1, 0.15) is 129 Å². The zero-order valence-electron chi connectivity index (χ0n) is 30.6. The van der Waals surface area contributed by atoms with Crippen molar-refractivity contribution in [2.45, 2.75) is 160 Å². The van der Waals surface area contributed by atoms with Crippen molar-refractivity contribution in [3.63, 3.8) is 0 Å². The smallest absolute Gasteiger partial charge is 0.337 e. The fraction of sp³-hybridized carbons (Fsp3) is 0.811. The molecule has 0 aliphatic carbocycles. The predicted molar refractivity (Wildman–Crippen MR) is 197 cm³/mol. The Morgan fingerprint density at radius 2 is 1.68 bits per heavy atom. The van der Waals surface area contributed by atoms with Crippen molar-refractivity contribution in [3.05, 3.63) is 11.3 Å². The van der Waals surface area contributed by atoms with E-state index in [1.54, 1.807) is 0 Å². The van der Waals surface area contributed by atoms with Crippen LogP contribution in [0.25, 0.3) is 0 Å². The molecule has 1 unspecified atom stereocenters. The number of nitrogens with two attached hydrogens (primary N) is 3. The number of nitrogens with one attached hydrogen (secondary N) is 1. The molecule has 7 N–H and O–H groups in total. The van der Waals surface area contributed by atoms with Gasteiger partial charge in [0.25, 0.3) is 0 Å². The molecule has 0 aromatic heterocycles.